The molecule has 2 aromatic rings. The van der Waals surface area contributed by atoms with Crippen LogP contribution >= 0.6 is 0 Å². The van der Waals surface area contributed by atoms with E-state index >= 15 is 0 Å². The first kappa shape index (κ1) is 18.3. The minimum absolute atomic E-state index is 0.0982. The van der Waals surface area contributed by atoms with Crippen molar-refractivity contribution in [3.8, 4) is 5.88 Å². The molecule has 1 unspecified atom stereocenters. The summed E-state index contributed by atoms with van der Waals surface area (Å²) in [4.78, 5) is 24.5. The van der Waals surface area contributed by atoms with Gasteiger partial charge in [0, 0.05) is 6.54 Å². The molecular weight excluding hydrogens is 356 g/mol. The predicted octanol–water partition coefficient (Wildman–Crippen LogP) is 1.84. The van der Waals surface area contributed by atoms with Crippen LogP contribution in [0.1, 0.15) is 36.2 Å². The van der Waals surface area contributed by atoms with E-state index < -0.39 is 20.9 Å². The summed E-state index contributed by atoms with van der Waals surface area (Å²) in [5.41, 5.74) is 0.829. The molecule has 0 radical (unpaired) electrons. The second-order valence-electron chi connectivity index (χ2n) is 6.21. The Hall–Kier alpha value is -2.48. The first-order chi connectivity index (χ1) is 12.4. The topological polar surface area (TPSA) is 95.3 Å². The van der Waals surface area contributed by atoms with Crippen LogP contribution in [-0.2, 0) is 27.6 Å². The number of fused-ring (bicyclic) bond motifs is 1. The van der Waals surface area contributed by atoms with Crippen molar-refractivity contribution in [3.63, 3.8) is 0 Å². The molecule has 3 rings (SSSR count). The molecule has 1 aliphatic rings. The van der Waals surface area contributed by atoms with Crippen molar-refractivity contribution in [2.75, 3.05) is 6.61 Å². The van der Waals surface area contributed by atoms with Crippen LogP contribution in [0.3, 0.4) is 0 Å². The number of ether oxygens (including phenoxy) is 1. The van der Waals surface area contributed by atoms with Gasteiger partial charge >= 0.3 is 0 Å². The zero-order valence-corrected chi connectivity index (χ0v) is 15.5. The predicted molar refractivity (Wildman–Crippen MR) is 94.1 cm³/mol. The van der Waals surface area contributed by atoms with Crippen molar-refractivity contribution in [1.82, 2.24) is 9.78 Å². The van der Waals surface area contributed by atoms with Crippen LogP contribution in [-0.4, -0.2) is 41.6 Å². The molecule has 0 saturated carbocycles. The van der Waals surface area contributed by atoms with E-state index in [-0.39, 0.29) is 35.1 Å². The van der Waals surface area contributed by atoms with Gasteiger partial charge in [-0.2, -0.15) is 5.10 Å². The zero-order chi connectivity index (χ0) is 18.9. The summed E-state index contributed by atoms with van der Waals surface area (Å²) in [7, 11) is -3.78. The highest BCUT2D eigenvalue weighted by atomic mass is 32.2. The van der Waals surface area contributed by atoms with Crippen molar-refractivity contribution in [3.05, 3.63) is 41.6 Å². The van der Waals surface area contributed by atoms with Crippen LogP contribution in [0, 0.1) is 0 Å². The van der Waals surface area contributed by atoms with E-state index in [0.717, 1.165) is 5.56 Å². The molecule has 2 heterocycles. The molecule has 1 aliphatic heterocycles. The number of Topliss-reactive ketones (excluding diaryl/α,β-unsaturated/α-hetero) is 2. The fraction of sp³-hybridized carbons (Fsp3) is 0.389. The number of benzene rings is 1. The Labute approximate surface area is 151 Å². The van der Waals surface area contributed by atoms with Crippen LogP contribution in [0.5, 0.6) is 5.88 Å². The van der Waals surface area contributed by atoms with Gasteiger partial charge in [-0.1, -0.05) is 18.2 Å². The SMILES string of the molecule is CCn1ncc(C(=O)C2CCc3ccccc3S2(=O)=O)c1OCC(C)=O. The standard InChI is InChI=1S/C18H20N2O5S/c1-3-20-18(25-11-12(2)21)14(10-19-20)17(22)16-9-8-13-6-4-5-7-15(13)26(16,23)24/h4-7,10,16H,3,8-9,11H2,1-2H3. The zero-order valence-electron chi connectivity index (χ0n) is 14.6. The Balaban J connectivity index is 1.98. The molecule has 0 fully saturated rings. The molecule has 1 atom stereocenters. The number of carbonyl (C=O) groups is 2. The lowest BCUT2D eigenvalue weighted by Crippen LogP contribution is -2.35. The maximum atomic E-state index is 13.0. The van der Waals surface area contributed by atoms with E-state index in [1.165, 1.54) is 23.9 Å². The largest absolute Gasteiger partial charge is 0.469 e. The van der Waals surface area contributed by atoms with Gasteiger partial charge in [-0.25, -0.2) is 13.1 Å². The maximum Gasteiger partial charge on any atom is 0.223 e. The van der Waals surface area contributed by atoms with Gasteiger partial charge < -0.3 is 4.74 Å². The van der Waals surface area contributed by atoms with Crippen LogP contribution in [0.4, 0.5) is 0 Å². The maximum absolute atomic E-state index is 13.0. The molecular formula is C18H20N2O5S. The fourth-order valence-electron chi connectivity index (χ4n) is 3.12. The van der Waals surface area contributed by atoms with Gasteiger partial charge in [0.1, 0.15) is 17.4 Å². The first-order valence-corrected chi connectivity index (χ1v) is 9.95. The van der Waals surface area contributed by atoms with Gasteiger partial charge in [0.2, 0.25) is 5.88 Å². The summed E-state index contributed by atoms with van der Waals surface area (Å²) in [5, 5.41) is 2.91. The molecule has 26 heavy (non-hydrogen) atoms. The number of rotatable bonds is 6. The molecule has 0 saturated heterocycles. The van der Waals surface area contributed by atoms with Gasteiger partial charge in [-0.15, -0.1) is 0 Å². The molecule has 0 aliphatic carbocycles. The van der Waals surface area contributed by atoms with E-state index in [1.54, 1.807) is 18.2 Å². The third-order valence-electron chi connectivity index (χ3n) is 4.39. The van der Waals surface area contributed by atoms with Crippen molar-refractivity contribution in [1.29, 1.82) is 0 Å². The number of hydrogen-bond donors (Lipinski definition) is 0. The van der Waals surface area contributed by atoms with Gasteiger partial charge in [-0.05, 0) is 38.3 Å². The monoisotopic (exact) mass is 376 g/mol. The number of aromatic nitrogens is 2. The third kappa shape index (κ3) is 3.16. The van der Waals surface area contributed by atoms with Gasteiger partial charge in [0.15, 0.2) is 21.4 Å². The highest BCUT2D eigenvalue weighted by Gasteiger charge is 2.40. The molecule has 0 bridgehead atoms. The average molecular weight is 376 g/mol. The number of carbonyl (C=O) groups excluding carboxylic acids is 2. The smallest absolute Gasteiger partial charge is 0.223 e. The van der Waals surface area contributed by atoms with E-state index in [0.29, 0.717) is 13.0 Å². The molecule has 0 N–H and O–H groups in total. The van der Waals surface area contributed by atoms with Crippen LogP contribution in [0.15, 0.2) is 35.4 Å². The highest BCUT2D eigenvalue weighted by molar-refractivity contribution is 7.93. The first-order valence-electron chi connectivity index (χ1n) is 8.40. The Morgan fingerprint density at radius 2 is 2.04 bits per heavy atom. The molecule has 0 spiro atoms. The fourth-order valence-corrected chi connectivity index (χ4v) is 5.07. The van der Waals surface area contributed by atoms with Crippen molar-refractivity contribution in [2.45, 2.75) is 43.4 Å². The van der Waals surface area contributed by atoms with Crippen LogP contribution in [0.2, 0.25) is 0 Å². The lowest BCUT2D eigenvalue weighted by Gasteiger charge is -2.23. The molecule has 7 nitrogen and oxygen atoms in total. The van der Waals surface area contributed by atoms with Crippen molar-refractivity contribution >= 4 is 21.4 Å². The Morgan fingerprint density at radius 3 is 2.73 bits per heavy atom. The number of hydrogen-bond acceptors (Lipinski definition) is 6. The Morgan fingerprint density at radius 1 is 1.31 bits per heavy atom. The second-order valence-corrected chi connectivity index (χ2v) is 8.31. The van der Waals surface area contributed by atoms with Crippen molar-refractivity contribution in [2.24, 2.45) is 0 Å². The van der Waals surface area contributed by atoms with Crippen LogP contribution in [0.25, 0.3) is 0 Å². The number of aryl methyl sites for hydroxylation is 2. The second kappa shape index (κ2) is 7.03. The van der Waals surface area contributed by atoms with E-state index in [1.807, 2.05) is 6.92 Å². The third-order valence-corrected chi connectivity index (χ3v) is 6.60. The molecule has 1 aromatic heterocycles. The molecule has 8 heteroatoms. The number of nitrogens with zero attached hydrogens (tertiary/aromatic N) is 2. The quantitative estimate of drug-likeness (QED) is 0.714. The highest BCUT2D eigenvalue weighted by Crippen LogP contribution is 2.33. The minimum Gasteiger partial charge on any atom is -0.469 e. The van der Waals surface area contributed by atoms with Gasteiger partial charge in [0.05, 0.1) is 11.1 Å². The summed E-state index contributed by atoms with van der Waals surface area (Å²) in [6, 6.07) is 6.74. The van der Waals surface area contributed by atoms with E-state index in [2.05, 4.69) is 5.10 Å². The molecule has 1 aromatic carbocycles. The lowest BCUT2D eigenvalue weighted by atomic mass is 10.0. The van der Waals surface area contributed by atoms with E-state index in [4.69, 9.17) is 4.74 Å². The number of sulfone groups is 1. The summed E-state index contributed by atoms with van der Waals surface area (Å²) < 4.78 is 32.7. The summed E-state index contributed by atoms with van der Waals surface area (Å²) in [6.45, 7) is 3.42. The van der Waals surface area contributed by atoms with Gasteiger partial charge in [0.25, 0.3) is 0 Å². The Kier molecular flexibility index (Phi) is 4.95. The normalized spacial score (nSPS) is 18.2. The number of ketones is 2. The minimum atomic E-state index is -3.78. The lowest BCUT2D eigenvalue weighted by molar-refractivity contribution is -0.119. The van der Waals surface area contributed by atoms with Gasteiger partial charge in [-0.3, -0.25) is 9.59 Å². The molecule has 138 valence electrons. The summed E-state index contributed by atoms with van der Waals surface area (Å²) >= 11 is 0. The van der Waals surface area contributed by atoms with Crippen molar-refractivity contribution < 1.29 is 22.7 Å². The molecule has 0 amide bonds. The van der Waals surface area contributed by atoms with Crippen LogP contribution < -0.4 is 4.74 Å². The average Bonchev–Trinajstić information content (AvgIpc) is 3.02. The Bertz CT molecular complexity index is 962. The summed E-state index contributed by atoms with van der Waals surface area (Å²) in [5.74, 6) is -0.606. The summed E-state index contributed by atoms with van der Waals surface area (Å²) in [6.07, 6.45) is 2.04. The van der Waals surface area contributed by atoms with E-state index in [9.17, 15) is 18.0 Å².